The van der Waals surface area contributed by atoms with Crippen LogP contribution in [0.1, 0.15) is 25.2 Å². The van der Waals surface area contributed by atoms with E-state index in [9.17, 15) is 0 Å². The predicted molar refractivity (Wildman–Crippen MR) is 138 cm³/mol. The summed E-state index contributed by atoms with van der Waals surface area (Å²) in [5.74, 6) is 0. The smallest absolute Gasteiger partial charge is 0.0894 e. The third kappa shape index (κ3) is 3.54. The lowest BCUT2D eigenvalue weighted by atomic mass is 9.85. The fourth-order valence-electron chi connectivity index (χ4n) is 4.39. The van der Waals surface area contributed by atoms with E-state index in [4.69, 9.17) is 15.1 Å². The van der Waals surface area contributed by atoms with E-state index in [1.807, 2.05) is 41.2 Å². The fourth-order valence-corrected chi connectivity index (χ4v) is 4.39. The predicted octanol–water partition coefficient (Wildman–Crippen LogP) is 6.96. The van der Waals surface area contributed by atoms with E-state index in [0.29, 0.717) is 0 Å². The minimum atomic E-state index is -0.366. The Kier molecular flexibility index (Phi) is 4.73. The van der Waals surface area contributed by atoms with Gasteiger partial charge in [-0.2, -0.15) is 5.10 Å². The lowest BCUT2D eigenvalue weighted by Crippen LogP contribution is -2.22. The van der Waals surface area contributed by atoms with Gasteiger partial charge < -0.3 is 0 Å². The molecule has 0 unspecified atom stereocenters. The van der Waals surface area contributed by atoms with Crippen LogP contribution in [0.2, 0.25) is 0 Å². The molecule has 164 valence electrons. The van der Waals surface area contributed by atoms with Crippen molar-refractivity contribution in [1.82, 2.24) is 19.7 Å². The van der Waals surface area contributed by atoms with Gasteiger partial charge >= 0.3 is 0 Å². The van der Waals surface area contributed by atoms with E-state index in [1.54, 1.807) is 0 Å². The van der Waals surface area contributed by atoms with Gasteiger partial charge in [0, 0.05) is 11.6 Å². The van der Waals surface area contributed by atoms with Crippen LogP contribution in [0.25, 0.3) is 38.8 Å². The Labute approximate surface area is 198 Å². The first-order chi connectivity index (χ1) is 16.6. The molecular formula is C30H24N4. The number of fused-ring (bicyclic) bond motifs is 2. The number of hydrogen-bond donors (Lipinski definition) is 0. The Hall–Kier alpha value is -4.31. The lowest BCUT2D eigenvalue weighted by Gasteiger charge is -2.22. The van der Waals surface area contributed by atoms with Crippen LogP contribution in [-0.2, 0) is 5.41 Å². The largest absolute Gasteiger partial charge is 0.250 e. The second kappa shape index (κ2) is 7.92. The van der Waals surface area contributed by atoms with Gasteiger partial charge in [-0.25, -0.2) is 9.67 Å². The normalized spacial score (nSPS) is 11.8. The summed E-state index contributed by atoms with van der Waals surface area (Å²) < 4.78 is 1.94. The summed E-state index contributed by atoms with van der Waals surface area (Å²) in [7, 11) is 0. The summed E-state index contributed by atoms with van der Waals surface area (Å²) in [4.78, 5) is 9.84. The molecular weight excluding hydrogens is 416 g/mol. The molecule has 0 aliphatic heterocycles. The molecule has 0 fully saturated rings. The van der Waals surface area contributed by atoms with Gasteiger partial charge in [0.05, 0.1) is 39.4 Å². The molecule has 0 atom stereocenters. The molecule has 0 aliphatic rings. The molecule has 0 aliphatic carbocycles. The van der Waals surface area contributed by atoms with Crippen molar-refractivity contribution in [2.45, 2.75) is 19.3 Å². The highest BCUT2D eigenvalue weighted by Gasteiger charge is 2.28. The van der Waals surface area contributed by atoms with Gasteiger partial charge in [-0.3, -0.25) is 4.98 Å². The molecule has 0 spiro atoms. The van der Waals surface area contributed by atoms with Gasteiger partial charge in [-0.05, 0) is 67.1 Å². The minimum absolute atomic E-state index is 0.366. The molecule has 6 rings (SSSR count). The second-order valence-corrected chi connectivity index (χ2v) is 9.10. The maximum atomic E-state index is 5.01. The first-order valence-corrected chi connectivity index (χ1v) is 11.5. The topological polar surface area (TPSA) is 43.6 Å². The van der Waals surface area contributed by atoms with Crippen molar-refractivity contribution >= 4 is 21.7 Å². The second-order valence-electron chi connectivity index (χ2n) is 9.10. The summed E-state index contributed by atoms with van der Waals surface area (Å²) in [5, 5.41) is 8.49. The van der Waals surface area contributed by atoms with Crippen LogP contribution >= 0.6 is 0 Å². The van der Waals surface area contributed by atoms with E-state index < -0.39 is 0 Å². The Morgan fingerprint density at radius 1 is 0.588 bits per heavy atom. The molecule has 3 heterocycles. The first-order valence-electron chi connectivity index (χ1n) is 11.5. The van der Waals surface area contributed by atoms with Gasteiger partial charge in [0.15, 0.2) is 0 Å². The molecule has 6 aromatic rings. The van der Waals surface area contributed by atoms with Crippen molar-refractivity contribution in [2.75, 3.05) is 0 Å². The molecule has 4 heteroatoms. The summed E-state index contributed by atoms with van der Waals surface area (Å²) in [6.45, 7) is 4.33. The molecule has 0 amide bonds. The quantitative estimate of drug-likeness (QED) is 0.297. The third-order valence-electron chi connectivity index (χ3n) is 6.48. The monoisotopic (exact) mass is 440 g/mol. The van der Waals surface area contributed by atoms with E-state index in [2.05, 4.69) is 86.6 Å². The SMILES string of the molecule is CC(C)(c1cccc(-c2ccc3ccccc3n2)n1)c1ccn(-c2ccc3ccccc3c2)n1. The lowest BCUT2D eigenvalue weighted by molar-refractivity contribution is 0.586. The van der Waals surface area contributed by atoms with Crippen molar-refractivity contribution in [2.24, 2.45) is 0 Å². The minimum Gasteiger partial charge on any atom is -0.250 e. The summed E-state index contributed by atoms with van der Waals surface area (Å²) in [5.41, 5.74) is 5.32. The Balaban J connectivity index is 1.35. The fraction of sp³-hybridized carbons (Fsp3) is 0.100. The number of pyridine rings is 2. The van der Waals surface area contributed by atoms with Gasteiger partial charge in [-0.1, -0.05) is 60.7 Å². The first kappa shape index (κ1) is 20.3. The third-order valence-corrected chi connectivity index (χ3v) is 6.48. The molecule has 4 nitrogen and oxygen atoms in total. The molecule has 0 radical (unpaired) electrons. The number of para-hydroxylation sites is 1. The van der Waals surface area contributed by atoms with Gasteiger partial charge in [-0.15, -0.1) is 0 Å². The highest BCUT2D eigenvalue weighted by atomic mass is 15.3. The zero-order valence-electron chi connectivity index (χ0n) is 19.2. The van der Waals surface area contributed by atoms with Crippen LogP contribution in [0.5, 0.6) is 0 Å². The average molecular weight is 441 g/mol. The van der Waals surface area contributed by atoms with Crippen LogP contribution in [0.4, 0.5) is 0 Å². The standard InChI is InChI=1S/C30H24N4/c1-30(2,29-18-19-34(33-29)24-16-14-21-8-3-4-10-23(21)20-24)28-13-7-12-26(32-28)27-17-15-22-9-5-6-11-25(22)31-27/h3-20H,1-2H3. The summed E-state index contributed by atoms with van der Waals surface area (Å²) in [6, 6.07) is 35.3. The van der Waals surface area contributed by atoms with Crippen molar-refractivity contribution in [1.29, 1.82) is 0 Å². The Morgan fingerprint density at radius 3 is 2.21 bits per heavy atom. The number of nitrogens with zero attached hydrogens (tertiary/aromatic N) is 4. The van der Waals surface area contributed by atoms with Crippen molar-refractivity contribution in [3.8, 4) is 17.1 Å². The summed E-state index contributed by atoms with van der Waals surface area (Å²) >= 11 is 0. The van der Waals surface area contributed by atoms with Crippen molar-refractivity contribution < 1.29 is 0 Å². The highest BCUT2D eigenvalue weighted by Crippen LogP contribution is 2.31. The zero-order chi connectivity index (χ0) is 23.1. The maximum Gasteiger partial charge on any atom is 0.0894 e. The Bertz CT molecular complexity index is 1640. The van der Waals surface area contributed by atoms with Crippen molar-refractivity contribution in [3.63, 3.8) is 0 Å². The number of benzene rings is 3. The van der Waals surface area contributed by atoms with E-state index in [1.165, 1.54) is 10.8 Å². The maximum absolute atomic E-state index is 5.01. The van der Waals surface area contributed by atoms with Gasteiger partial charge in [0.25, 0.3) is 0 Å². The molecule has 3 aromatic carbocycles. The van der Waals surface area contributed by atoms with Crippen LogP contribution in [0, 0.1) is 0 Å². The molecule has 0 saturated heterocycles. The number of hydrogen-bond acceptors (Lipinski definition) is 3. The molecule has 3 aromatic heterocycles. The molecule has 0 N–H and O–H groups in total. The van der Waals surface area contributed by atoms with Crippen LogP contribution in [-0.4, -0.2) is 19.7 Å². The molecule has 0 saturated carbocycles. The van der Waals surface area contributed by atoms with E-state index in [0.717, 1.165) is 39.4 Å². The van der Waals surface area contributed by atoms with E-state index >= 15 is 0 Å². The highest BCUT2D eigenvalue weighted by molar-refractivity contribution is 5.84. The summed E-state index contributed by atoms with van der Waals surface area (Å²) in [6.07, 6.45) is 2.02. The zero-order valence-corrected chi connectivity index (χ0v) is 19.2. The van der Waals surface area contributed by atoms with Crippen LogP contribution < -0.4 is 0 Å². The molecule has 0 bridgehead atoms. The van der Waals surface area contributed by atoms with Crippen LogP contribution in [0.15, 0.2) is 109 Å². The van der Waals surface area contributed by atoms with Gasteiger partial charge in [0.1, 0.15) is 0 Å². The van der Waals surface area contributed by atoms with E-state index in [-0.39, 0.29) is 5.41 Å². The van der Waals surface area contributed by atoms with Crippen LogP contribution in [0.3, 0.4) is 0 Å². The van der Waals surface area contributed by atoms with Gasteiger partial charge in [0.2, 0.25) is 0 Å². The average Bonchev–Trinajstić information content (AvgIpc) is 3.40. The Morgan fingerprint density at radius 2 is 1.32 bits per heavy atom. The molecule has 34 heavy (non-hydrogen) atoms. The number of aromatic nitrogens is 4. The number of rotatable bonds is 4. The van der Waals surface area contributed by atoms with Crippen molar-refractivity contribution in [3.05, 3.63) is 121 Å².